The van der Waals surface area contributed by atoms with Crippen molar-refractivity contribution in [3.05, 3.63) is 53.2 Å². The van der Waals surface area contributed by atoms with Crippen molar-refractivity contribution >= 4 is 11.9 Å². The lowest BCUT2D eigenvalue weighted by Crippen LogP contribution is -2.45. The molecule has 1 aliphatic rings. The van der Waals surface area contributed by atoms with Crippen molar-refractivity contribution in [3.63, 3.8) is 0 Å². The third-order valence-electron chi connectivity index (χ3n) is 4.99. The van der Waals surface area contributed by atoms with E-state index in [1.165, 1.54) is 6.07 Å². The first kappa shape index (κ1) is 23.0. The van der Waals surface area contributed by atoms with Crippen molar-refractivity contribution in [3.8, 4) is 0 Å². The van der Waals surface area contributed by atoms with Crippen LogP contribution in [-0.4, -0.2) is 40.4 Å². The van der Waals surface area contributed by atoms with Gasteiger partial charge in [0, 0.05) is 6.42 Å². The minimum absolute atomic E-state index is 0.0418. The van der Waals surface area contributed by atoms with E-state index in [0.29, 0.717) is 5.56 Å². The number of halogens is 3. The highest BCUT2D eigenvalue weighted by atomic mass is 19.2. The van der Waals surface area contributed by atoms with Crippen molar-refractivity contribution in [1.82, 2.24) is 9.97 Å². The SMILES string of the molecule is C[C@H](Cc1ncc(F)c(N2C(=O)OC[C@@H]2[C@@H](C)OC(C)(C)C)n1)c1ccc(F)c(F)c1. The molecular weight excluding hydrogens is 411 g/mol. The number of carbonyl (C=O) groups excluding carboxylic acids is 1. The van der Waals surface area contributed by atoms with Crippen LogP contribution in [0.3, 0.4) is 0 Å². The van der Waals surface area contributed by atoms with Gasteiger partial charge in [-0.1, -0.05) is 13.0 Å². The predicted octanol–water partition coefficient (Wildman–Crippen LogP) is 4.77. The van der Waals surface area contributed by atoms with Gasteiger partial charge in [-0.05, 0) is 51.3 Å². The summed E-state index contributed by atoms with van der Waals surface area (Å²) in [6.07, 6.45) is 0.0741. The fourth-order valence-electron chi connectivity index (χ4n) is 3.53. The molecule has 31 heavy (non-hydrogen) atoms. The number of amides is 1. The topological polar surface area (TPSA) is 64.6 Å². The Morgan fingerprint density at radius 3 is 2.55 bits per heavy atom. The Balaban J connectivity index is 1.85. The van der Waals surface area contributed by atoms with E-state index < -0.39 is 41.3 Å². The number of hydrogen-bond donors (Lipinski definition) is 0. The van der Waals surface area contributed by atoms with Gasteiger partial charge in [-0.3, -0.25) is 0 Å². The number of nitrogens with zero attached hydrogens (tertiary/aromatic N) is 3. The number of ether oxygens (including phenoxy) is 2. The van der Waals surface area contributed by atoms with E-state index in [2.05, 4.69) is 9.97 Å². The molecule has 0 bridgehead atoms. The zero-order valence-corrected chi connectivity index (χ0v) is 18.2. The van der Waals surface area contributed by atoms with Gasteiger partial charge in [0.05, 0.1) is 17.9 Å². The first-order valence-electron chi connectivity index (χ1n) is 10.1. The van der Waals surface area contributed by atoms with Gasteiger partial charge in [0.25, 0.3) is 0 Å². The maximum Gasteiger partial charge on any atom is 0.416 e. The molecule has 168 valence electrons. The lowest BCUT2D eigenvalue weighted by atomic mass is 9.97. The molecule has 1 aromatic carbocycles. The summed E-state index contributed by atoms with van der Waals surface area (Å²) in [6, 6.07) is 3.09. The van der Waals surface area contributed by atoms with E-state index in [4.69, 9.17) is 9.47 Å². The van der Waals surface area contributed by atoms with Crippen LogP contribution < -0.4 is 4.90 Å². The minimum atomic E-state index is -0.944. The number of carbonyl (C=O) groups is 1. The Labute approximate surface area is 179 Å². The summed E-state index contributed by atoms with van der Waals surface area (Å²) in [7, 11) is 0. The average molecular weight is 437 g/mol. The summed E-state index contributed by atoms with van der Waals surface area (Å²) in [4.78, 5) is 21.8. The van der Waals surface area contributed by atoms with Crippen molar-refractivity contribution in [2.24, 2.45) is 0 Å². The van der Waals surface area contributed by atoms with E-state index in [9.17, 15) is 18.0 Å². The predicted molar refractivity (Wildman–Crippen MR) is 108 cm³/mol. The average Bonchev–Trinajstić information content (AvgIpc) is 3.05. The van der Waals surface area contributed by atoms with Crippen LogP contribution in [0, 0.1) is 17.5 Å². The van der Waals surface area contributed by atoms with Gasteiger partial charge in [-0.15, -0.1) is 0 Å². The lowest BCUT2D eigenvalue weighted by molar-refractivity contribution is -0.0618. The molecule has 9 heteroatoms. The Morgan fingerprint density at radius 1 is 1.19 bits per heavy atom. The molecule has 1 saturated heterocycles. The van der Waals surface area contributed by atoms with Gasteiger partial charge < -0.3 is 9.47 Å². The molecule has 1 aliphatic heterocycles. The molecule has 0 aliphatic carbocycles. The summed E-state index contributed by atoms with van der Waals surface area (Å²) in [5.74, 6) is -2.84. The summed E-state index contributed by atoms with van der Waals surface area (Å²) in [5, 5.41) is 0. The molecule has 1 aromatic heterocycles. The fraction of sp³-hybridized carbons (Fsp3) is 0.500. The molecule has 3 rings (SSSR count). The normalized spacial score (nSPS) is 18.8. The van der Waals surface area contributed by atoms with E-state index in [-0.39, 0.29) is 30.6 Å². The molecule has 2 heterocycles. The Morgan fingerprint density at radius 2 is 1.90 bits per heavy atom. The standard InChI is InChI=1S/C22H26F3N3O3/c1-12(14-6-7-15(23)16(24)9-14)8-19-26-10-17(25)20(27-19)28-18(11-30-21(28)29)13(2)31-22(3,4)5/h6-7,9-10,12-13,18H,8,11H2,1-5H3/t12-,13-,18-/m1/s1. The Kier molecular flexibility index (Phi) is 6.54. The highest BCUT2D eigenvalue weighted by Gasteiger charge is 2.41. The Bertz CT molecular complexity index is 965. The molecule has 1 amide bonds. The molecule has 0 unspecified atom stereocenters. The molecule has 0 radical (unpaired) electrons. The van der Waals surface area contributed by atoms with Crippen molar-refractivity contribution < 1.29 is 27.4 Å². The van der Waals surface area contributed by atoms with Crippen molar-refractivity contribution in [2.45, 2.75) is 64.7 Å². The second-order valence-electron chi connectivity index (χ2n) is 8.69. The lowest BCUT2D eigenvalue weighted by Gasteiger charge is -2.31. The van der Waals surface area contributed by atoms with Gasteiger partial charge in [-0.25, -0.2) is 32.8 Å². The summed E-state index contributed by atoms with van der Waals surface area (Å²) < 4.78 is 52.4. The number of anilines is 1. The van der Waals surface area contributed by atoms with Gasteiger partial charge >= 0.3 is 6.09 Å². The summed E-state index contributed by atoms with van der Waals surface area (Å²) >= 11 is 0. The van der Waals surface area contributed by atoms with E-state index >= 15 is 0 Å². The smallest absolute Gasteiger partial charge is 0.416 e. The van der Waals surface area contributed by atoms with Gasteiger partial charge in [0.2, 0.25) is 0 Å². The largest absolute Gasteiger partial charge is 0.447 e. The molecule has 3 atom stereocenters. The quantitative estimate of drug-likeness (QED) is 0.652. The number of hydrogen-bond acceptors (Lipinski definition) is 5. The second kappa shape index (κ2) is 8.82. The first-order chi connectivity index (χ1) is 14.5. The number of benzene rings is 1. The Hall–Kier alpha value is -2.68. The molecule has 6 nitrogen and oxygen atoms in total. The van der Waals surface area contributed by atoms with Crippen LogP contribution in [0.15, 0.2) is 24.4 Å². The van der Waals surface area contributed by atoms with Crippen LogP contribution in [0.5, 0.6) is 0 Å². The number of aromatic nitrogens is 2. The molecule has 1 fully saturated rings. The summed E-state index contributed by atoms with van der Waals surface area (Å²) in [6.45, 7) is 9.28. The van der Waals surface area contributed by atoms with Gasteiger partial charge in [-0.2, -0.15) is 0 Å². The van der Waals surface area contributed by atoms with E-state index in [0.717, 1.165) is 23.2 Å². The van der Waals surface area contributed by atoms with Crippen LogP contribution in [-0.2, 0) is 15.9 Å². The molecule has 2 aromatic rings. The minimum Gasteiger partial charge on any atom is -0.447 e. The number of cyclic esters (lactones) is 1. The van der Waals surface area contributed by atoms with E-state index in [1.807, 2.05) is 20.8 Å². The van der Waals surface area contributed by atoms with Gasteiger partial charge in [0.15, 0.2) is 23.3 Å². The van der Waals surface area contributed by atoms with Crippen molar-refractivity contribution in [2.75, 3.05) is 11.5 Å². The zero-order chi connectivity index (χ0) is 22.9. The van der Waals surface area contributed by atoms with Gasteiger partial charge in [0.1, 0.15) is 18.5 Å². The van der Waals surface area contributed by atoms with Crippen LogP contribution in [0.4, 0.5) is 23.8 Å². The summed E-state index contributed by atoms with van der Waals surface area (Å²) in [5.41, 5.74) is 0.0884. The molecule has 0 spiro atoms. The maximum atomic E-state index is 14.6. The maximum absolute atomic E-state index is 14.6. The first-order valence-corrected chi connectivity index (χ1v) is 10.1. The van der Waals surface area contributed by atoms with Crippen LogP contribution in [0.2, 0.25) is 0 Å². The third-order valence-corrected chi connectivity index (χ3v) is 4.99. The van der Waals surface area contributed by atoms with Crippen LogP contribution >= 0.6 is 0 Å². The second-order valence-corrected chi connectivity index (χ2v) is 8.69. The molecule has 0 saturated carbocycles. The molecule has 0 N–H and O–H groups in total. The highest BCUT2D eigenvalue weighted by molar-refractivity contribution is 5.89. The molecular formula is C22H26F3N3O3. The fourth-order valence-corrected chi connectivity index (χ4v) is 3.53. The van der Waals surface area contributed by atoms with Crippen LogP contribution in [0.1, 0.15) is 51.9 Å². The van der Waals surface area contributed by atoms with E-state index in [1.54, 1.807) is 13.8 Å². The van der Waals surface area contributed by atoms with Crippen molar-refractivity contribution in [1.29, 1.82) is 0 Å². The monoisotopic (exact) mass is 437 g/mol. The van der Waals surface area contributed by atoms with Crippen LogP contribution in [0.25, 0.3) is 0 Å². The third kappa shape index (κ3) is 5.33. The highest BCUT2D eigenvalue weighted by Crippen LogP contribution is 2.29. The zero-order valence-electron chi connectivity index (χ0n) is 18.2. The number of rotatable bonds is 6.